The smallest absolute Gasteiger partial charge is 0.337 e. The number of hydrogen-bond donors (Lipinski definition) is 0. The van der Waals surface area contributed by atoms with E-state index < -0.39 is 5.97 Å². The Kier molecular flexibility index (Phi) is 22.2. The molecule has 1 rings (SSSR count). The molecule has 0 unspecified atom stereocenters. The average molecular weight is 519 g/mol. The second-order valence-corrected chi connectivity index (χ2v) is 7.15. The summed E-state index contributed by atoms with van der Waals surface area (Å²) < 4.78 is 53.0. The number of ether oxygens (including phenoxy) is 10. The fraction of sp³-hybridized carbons (Fsp3) is 0.720. The highest BCUT2D eigenvalue weighted by atomic mass is 16.6. The molecule has 11 nitrogen and oxygen atoms in total. The number of carbonyl (C=O) groups excluding carboxylic acids is 1. The van der Waals surface area contributed by atoms with E-state index in [1.54, 1.807) is 31.4 Å². The molecular formula is C25H42O11. The Labute approximate surface area is 214 Å². The van der Waals surface area contributed by atoms with Crippen LogP contribution in [0.2, 0.25) is 0 Å². The van der Waals surface area contributed by atoms with E-state index >= 15 is 0 Å². The zero-order valence-electron chi connectivity index (χ0n) is 21.6. The molecule has 0 spiro atoms. The molecule has 0 aromatic heterocycles. The molecule has 0 aliphatic rings. The van der Waals surface area contributed by atoms with E-state index in [0.717, 1.165) is 0 Å². The van der Waals surface area contributed by atoms with Gasteiger partial charge < -0.3 is 47.4 Å². The highest BCUT2D eigenvalue weighted by molar-refractivity contribution is 5.89. The van der Waals surface area contributed by atoms with Crippen LogP contribution in [-0.2, 0) is 42.6 Å². The molecule has 0 aliphatic heterocycles. The van der Waals surface area contributed by atoms with E-state index in [1.807, 2.05) is 0 Å². The average Bonchev–Trinajstić information content (AvgIpc) is 2.90. The first-order valence-electron chi connectivity index (χ1n) is 12.1. The predicted molar refractivity (Wildman–Crippen MR) is 131 cm³/mol. The SMILES string of the molecule is COCCOCCOCCOCCOCCOCCOCCOCCOc1cccc(C(=O)OC)c1. The van der Waals surface area contributed by atoms with Gasteiger partial charge in [-0.15, -0.1) is 0 Å². The third-order valence-electron chi connectivity index (χ3n) is 4.42. The molecule has 1 aromatic rings. The Morgan fingerprint density at radius 1 is 0.556 bits per heavy atom. The Morgan fingerprint density at radius 2 is 0.944 bits per heavy atom. The minimum absolute atomic E-state index is 0.373. The number of hydrogen-bond acceptors (Lipinski definition) is 11. The molecule has 0 heterocycles. The lowest BCUT2D eigenvalue weighted by molar-refractivity contribution is -0.0227. The van der Waals surface area contributed by atoms with Crippen molar-refractivity contribution < 1.29 is 52.2 Å². The molecule has 0 saturated heterocycles. The summed E-state index contributed by atoms with van der Waals surface area (Å²) in [5.41, 5.74) is 0.445. The van der Waals surface area contributed by atoms with Gasteiger partial charge in [0.15, 0.2) is 0 Å². The van der Waals surface area contributed by atoms with Crippen molar-refractivity contribution in [3.63, 3.8) is 0 Å². The van der Waals surface area contributed by atoms with Gasteiger partial charge in [-0.2, -0.15) is 0 Å². The summed E-state index contributed by atoms with van der Waals surface area (Å²) in [6.45, 7) is 8.06. The summed E-state index contributed by atoms with van der Waals surface area (Å²) in [7, 11) is 2.98. The first-order chi connectivity index (χ1) is 17.8. The molecule has 0 saturated carbocycles. The summed E-state index contributed by atoms with van der Waals surface area (Å²) >= 11 is 0. The Balaban J connectivity index is 1.74. The van der Waals surface area contributed by atoms with Gasteiger partial charge >= 0.3 is 5.97 Å². The molecule has 0 N–H and O–H groups in total. The molecule has 36 heavy (non-hydrogen) atoms. The van der Waals surface area contributed by atoms with Gasteiger partial charge in [0.1, 0.15) is 12.4 Å². The number of methoxy groups -OCH3 is 2. The molecule has 0 bridgehead atoms. The highest BCUT2D eigenvalue weighted by Crippen LogP contribution is 2.13. The lowest BCUT2D eigenvalue weighted by Crippen LogP contribution is -2.15. The molecule has 0 atom stereocenters. The Morgan fingerprint density at radius 3 is 1.33 bits per heavy atom. The zero-order valence-corrected chi connectivity index (χ0v) is 21.6. The number of rotatable bonds is 26. The normalized spacial score (nSPS) is 11.1. The molecule has 208 valence electrons. The topological polar surface area (TPSA) is 109 Å². The van der Waals surface area contributed by atoms with Crippen molar-refractivity contribution in [1.29, 1.82) is 0 Å². The molecule has 0 fully saturated rings. The standard InChI is InChI=1S/C25H42O11/c1-27-6-7-29-8-9-30-10-11-31-12-13-32-14-15-33-16-17-34-18-19-35-20-21-36-24-5-3-4-23(22-24)25(26)28-2/h3-5,22H,6-21H2,1-2H3. The van der Waals surface area contributed by atoms with Gasteiger partial charge in [-0.3, -0.25) is 0 Å². The van der Waals surface area contributed by atoms with Crippen molar-refractivity contribution in [2.45, 2.75) is 0 Å². The van der Waals surface area contributed by atoms with Crippen LogP contribution in [0, 0.1) is 0 Å². The van der Waals surface area contributed by atoms with Crippen molar-refractivity contribution in [3.8, 4) is 5.75 Å². The van der Waals surface area contributed by atoms with Crippen LogP contribution in [0.1, 0.15) is 10.4 Å². The van der Waals surface area contributed by atoms with E-state index in [0.29, 0.717) is 117 Å². The molecule has 0 aliphatic carbocycles. The van der Waals surface area contributed by atoms with Gasteiger partial charge in [0.05, 0.1) is 112 Å². The van der Waals surface area contributed by atoms with Gasteiger partial charge in [-0.05, 0) is 18.2 Å². The van der Waals surface area contributed by atoms with Crippen LogP contribution in [0.4, 0.5) is 0 Å². The zero-order chi connectivity index (χ0) is 25.9. The lowest BCUT2D eigenvalue weighted by Gasteiger charge is -2.09. The van der Waals surface area contributed by atoms with Gasteiger partial charge in [-0.25, -0.2) is 4.79 Å². The van der Waals surface area contributed by atoms with Crippen molar-refractivity contribution >= 4 is 5.97 Å². The summed E-state index contributed by atoms with van der Waals surface area (Å²) in [5.74, 6) is 0.192. The van der Waals surface area contributed by atoms with E-state index in [1.165, 1.54) is 7.11 Å². The molecule has 1 aromatic carbocycles. The summed E-state index contributed by atoms with van der Waals surface area (Å²) in [6.07, 6.45) is 0. The summed E-state index contributed by atoms with van der Waals surface area (Å²) in [5, 5.41) is 0. The Bertz CT molecular complexity index is 630. The molecular weight excluding hydrogens is 476 g/mol. The first-order valence-corrected chi connectivity index (χ1v) is 12.1. The monoisotopic (exact) mass is 518 g/mol. The second-order valence-electron chi connectivity index (χ2n) is 7.15. The molecule has 0 radical (unpaired) electrons. The van der Waals surface area contributed by atoms with Crippen LogP contribution in [0.3, 0.4) is 0 Å². The quantitative estimate of drug-likeness (QED) is 0.132. The maximum Gasteiger partial charge on any atom is 0.337 e. The maximum absolute atomic E-state index is 11.5. The van der Waals surface area contributed by atoms with Gasteiger partial charge in [0, 0.05) is 7.11 Å². The van der Waals surface area contributed by atoms with Crippen molar-refractivity contribution in [1.82, 2.24) is 0 Å². The van der Waals surface area contributed by atoms with Crippen LogP contribution >= 0.6 is 0 Å². The minimum Gasteiger partial charge on any atom is -0.491 e. The lowest BCUT2D eigenvalue weighted by atomic mass is 10.2. The Hall–Kier alpha value is -1.83. The van der Waals surface area contributed by atoms with E-state index in [4.69, 9.17) is 42.6 Å². The van der Waals surface area contributed by atoms with Crippen molar-refractivity contribution in [2.24, 2.45) is 0 Å². The third-order valence-corrected chi connectivity index (χ3v) is 4.42. The van der Waals surface area contributed by atoms with Gasteiger partial charge in [0.2, 0.25) is 0 Å². The fourth-order valence-corrected chi connectivity index (χ4v) is 2.61. The number of carbonyl (C=O) groups is 1. The van der Waals surface area contributed by atoms with E-state index in [9.17, 15) is 4.79 Å². The summed E-state index contributed by atoms with van der Waals surface area (Å²) in [4.78, 5) is 11.5. The first kappa shape index (κ1) is 32.2. The van der Waals surface area contributed by atoms with E-state index in [2.05, 4.69) is 4.74 Å². The predicted octanol–water partition coefficient (Wildman–Crippen LogP) is 1.61. The van der Waals surface area contributed by atoms with Crippen LogP contribution < -0.4 is 4.74 Å². The molecule has 11 heteroatoms. The van der Waals surface area contributed by atoms with Crippen molar-refractivity contribution in [3.05, 3.63) is 29.8 Å². The highest BCUT2D eigenvalue weighted by Gasteiger charge is 2.06. The van der Waals surface area contributed by atoms with Crippen LogP contribution in [0.5, 0.6) is 5.75 Å². The van der Waals surface area contributed by atoms with Gasteiger partial charge in [0.25, 0.3) is 0 Å². The van der Waals surface area contributed by atoms with Gasteiger partial charge in [-0.1, -0.05) is 6.07 Å². The fourth-order valence-electron chi connectivity index (χ4n) is 2.61. The third kappa shape index (κ3) is 19.4. The largest absolute Gasteiger partial charge is 0.491 e. The van der Waals surface area contributed by atoms with Crippen molar-refractivity contribution in [2.75, 3.05) is 120 Å². The molecule has 0 amide bonds. The number of benzene rings is 1. The van der Waals surface area contributed by atoms with Crippen LogP contribution in [0.15, 0.2) is 24.3 Å². The second kappa shape index (κ2) is 24.8. The van der Waals surface area contributed by atoms with E-state index in [-0.39, 0.29) is 0 Å². The summed E-state index contributed by atoms with van der Waals surface area (Å²) in [6, 6.07) is 6.82. The van der Waals surface area contributed by atoms with Crippen LogP contribution in [0.25, 0.3) is 0 Å². The minimum atomic E-state index is -0.398. The number of esters is 1. The maximum atomic E-state index is 11.5. The van der Waals surface area contributed by atoms with Crippen LogP contribution in [-0.4, -0.2) is 126 Å².